The van der Waals surface area contributed by atoms with Gasteiger partial charge in [-0.1, -0.05) is 13.3 Å². The van der Waals surface area contributed by atoms with Crippen LogP contribution in [-0.2, 0) is 6.42 Å². The zero-order valence-electron chi connectivity index (χ0n) is 11.6. The predicted molar refractivity (Wildman–Crippen MR) is 71.7 cm³/mol. The van der Waals surface area contributed by atoms with Gasteiger partial charge < -0.3 is 0 Å². The lowest BCUT2D eigenvalue weighted by atomic mass is 9.94. The number of aromatic nitrogens is 3. The number of hydrazine groups is 1. The highest BCUT2D eigenvalue weighted by Gasteiger charge is 2.29. The normalized spacial score (nSPS) is 25.8. The first-order valence-electron chi connectivity index (χ1n) is 6.96. The molecule has 1 aliphatic carbocycles. The van der Waals surface area contributed by atoms with Crippen LogP contribution in [0.4, 0.5) is 0 Å². The van der Waals surface area contributed by atoms with E-state index < -0.39 is 0 Å². The topological polar surface area (TPSA) is 68.8 Å². The molecular weight excluding hydrogens is 226 g/mol. The summed E-state index contributed by atoms with van der Waals surface area (Å²) in [6.07, 6.45) is 6.36. The Hall–Kier alpha value is -0.940. The molecule has 0 spiro atoms. The van der Waals surface area contributed by atoms with Gasteiger partial charge in [0.25, 0.3) is 0 Å². The Balaban J connectivity index is 2.03. The van der Waals surface area contributed by atoms with E-state index in [4.69, 9.17) is 5.84 Å². The van der Waals surface area contributed by atoms with Crippen LogP contribution >= 0.6 is 0 Å². The van der Waals surface area contributed by atoms with E-state index in [9.17, 15) is 0 Å². The number of hydrogen-bond donors (Lipinski definition) is 2. The minimum atomic E-state index is 0.316. The first kappa shape index (κ1) is 13.5. The molecule has 3 atom stereocenters. The predicted octanol–water partition coefficient (Wildman–Crippen LogP) is 1.67. The standard InChI is InChI=1S/C13H25N5/c1-9(2)18-13(15-8-16-18)7-12(17-14)11-5-4-10(3)6-11/h8-12,17H,4-7,14H2,1-3H3. The van der Waals surface area contributed by atoms with Crippen LogP contribution in [0, 0.1) is 11.8 Å². The molecule has 3 N–H and O–H groups in total. The monoisotopic (exact) mass is 251 g/mol. The molecule has 0 bridgehead atoms. The zero-order chi connectivity index (χ0) is 13.1. The van der Waals surface area contributed by atoms with Gasteiger partial charge in [0.1, 0.15) is 12.2 Å². The van der Waals surface area contributed by atoms with Crippen LogP contribution in [0.3, 0.4) is 0 Å². The lowest BCUT2D eigenvalue weighted by molar-refractivity contribution is 0.340. The quantitative estimate of drug-likeness (QED) is 0.617. The number of nitrogens with zero attached hydrogens (tertiary/aromatic N) is 3. The first-order valence-corrected chi connectivity index (χ1v) is 6.96. The Kier molecular flexibility index (Phi) is 4.35. The summed E-state index contributed by atoms with van der Waals surface area (Å²) in [5.41, 5.74) is 2.99. The van der Waals surface area contributed by atoms with Gasteiger partial charge in [-0.15, -0.1) is 0 Å². The lowest BCUT2D eigenvalue weighted by Gasteiger charge is -2.23. The highest BCUT2D eigenvalue weighted by Crippen LogP contribution is 2.33. The fourth-order valence-corrected chi connectivity index (χ4v) is 3.03. The maximum Gasteiger partial charge on any atom is 0.138 e. The molecule has 0 aliphatic heterocycles. The molecule has 1 saturated carbocycles. The third-order valence-corrected chi connectivity index (χ3v) is 4.06. The number of rotatable bonds is 5. The molecule has 0 amide bonds. The first-order chi connectivity index (χ1) is 8.61. The van der Waals surface area contributed by atoms with Gasteiger partial charge in [-0.3, -0.25) is 11.3 Å². The smallest absolute Gasteiger partial charge is 0.138 e. The minimum Gasteiger partial charge on any atom is -0.271 e. The fourth-order valence-electron chi connectivity index (χ4n) is 3.03. The molecule has 1 aliphatic rings. The highest BCUT2D eigenvalue weighted by atomic mass is 15.3. The molecule has 1 fully saturated rings. The summed E-state index contributed by atoms with van der Waals surface area (Å²) in [7, 11) is 0. The van der Waals surface area contributed by atoms with Crippen molar-refractivity contribution in [3.05, 3.63) is 12.2 Å². The molecule has 5 nitrogen and oxygen atoms in total. The molecule has 5 heteroatoms. The molecule has 2 rings (SSSR count). The molecule has 3 unspecified atom stereocenters. The molecule has 1 aromatic rings. The molecule has 18 heavy (non-hydrogen) atoms. The van der Waals surface area contributed by atoms with Crippen molar-refractivity contribution in [1.29, 1.82) is 0 Å². The van der Waals surface area contributed by atoms with E-state index in [0.29, 0.717) is 18.0 Å². The van der Waals surface area contributed by atoms with Gasteiger partial charge in [-0.25, -0.2) is 9.67 Å². The second-order valence-corrected chi connectivity index (χ2v) is 5.87. The zero-order valence-corrected chi connectivity index (χ0v) is 11.6. The second-order valence-electron chi connectivity index (χ2n) is 5.87. The van der Waals surface area contributed by atoms with E-state index in [1.165, 1.54) is 19.3 Å². The number of nitrogens with two attached hydrogens (primary N) is 1. The third-order valence-electron chi connectivity index (χ3n) is 4.06. The average Bonchev–Trinajstić information content (AvgIpc) is 2.94. The van der Waals surface area contributed by atoms with Gasteiger partial charge in [0.2, 0.25) is 0 Å². The Morgan fingerprint density at radius 2 is 2.28 bits per heavy atom. The van der Waals surface area contributed by atoms with E-state index in [-0.39, 0.29) is 0 Å². The average molecular weight is 251 g/mol. The van der Waals surface area contributed by atoms with E-state index in [1.54, 1.807) is 6.33 Å². The molecule has 0 saturated heterocycles. The molecule has 102 valence electrons. The summed E-state index contributed by atoms with van der Waals surface area (Å²) >= 11 is 0. The van der Waals surface area contributed by atoms with Crippen molar-refractivity contribution in [3.63, 3.8) is 0 Å². The maximum absolute atomic E-state index is 5.73. The van der Waals surface area contributed by atoms with Crippen molar-refractivity contribution in [2.75, 3.05) is 0 Å². The minimum absolute atomic E-state index is 0.316. The summed E-state index contributed by atoms with van der Waals surface area (Å²) in [6.45, 7) is 6.58. The van der Waals surface area contributed by atoms with Crippen LogP contribution < -0.4 is 11.3 Å². The summed E-state index contributed by atoms with van der Waals surface area (Å²) in [4.78, 5) is 4.37. The SMILES string of the molecule is CC1CCC(C(Cc2ncnn2C(C)C)NN)C1. The van der Waals surface area contributed by atoms with Crippen LogP contribution in [-0.4, -0.2) is 20.8 Å². The van der Waals surface area contributed by atoms with Gasteiger partial charge in [-0.05, 0) is 38.5 Å². The Morgan fingerprint density at radius 3 is 2.83 bits per heavy atom. The van der Waals surface area contributed by atoms with Crippen LogP contribution in [0.25, 0.3) is 0 Å². The van der Waals surface area contributed by atoms with E-state index in [0.717, 1.165) is 18.2 Å². The van der Waals surface area contributed by atoms with Gasteiger partial charge in [0.15, 0.2) is 0 Å². The summed E-state index contributed by atoms with van der Waals surface area (Å²) in [6, 6.07) is 0.667. The van der Waals surface area contributed by atoms with E-state index in [2.05, 4.69) is 36.3 Å². The molecule has 1 aromatic heterocycles. The third kappa shape index (κ3) is 2.90. The largest absolute Gasteiger partial charge is 0.271 e. The Morgan fingerprint density at radius 1 is 1.50 bits per heavy atom. The van der Waals surface area contributed by atoms with Gasteiger partial charge in [0, 0.05) is 18.5 Å². The molecule has 0 aromatic carbocycles. The maximum atomic E-state index is 5.73. The highest BCUT2D eigenvalue weighted by molar-refractivity contribution is 4.94. The van der Waals surface area contributed by atoms with Crippen molar-refractivity contribution >= 4 is 0 Å². The van der Waals surface area contributed by atoms with Crippen molar-refractivity contribution in [2.24, 2.45) is 17.7 Å². The summed E-state index contributed by atoms with van der Waals surface area (Å²) in [5, 5.41) is 4.28. The fraction of sp³-hybridized carbons (Fsp3) is 0.846. The van der Waals surface area contributed by atoms with Gasteiger partial charge >= 0.3 is 0 Å². The van der Waals surface area contributed by atoms with Crippen LogP contribution in [0.15, 0.2) is 6.33 Å². The van der Waals surface area contributed by atoms with Crippen LogP contribution in [0.1, 0.15) is 51.9 Å². The van der Waals surface area contributed by atoms with Crippen LogP contribution in [0.5, 0.6) is 0 Å². The van der Waals surface area contributed by atoms with Crippen molar-refractivity contribution in [1.82, 2.24) is 20.2 Å². The lowest BCUT2D eigenvalue weighted by Crippen LogP contribution is -2.42. The van der Waals surface area contributed by atoms with Crippen molar-refractivity contribution < 1.29 is 0 Å². The van der Waals surface area contributed by atoms with Crippen LogP contribution in [0.2, 0.25) is 0 Å². The Bertz CT molecular complexity index is 373. The summed E-state index contributed by atoms with van der Waals surface area (Å²) < 4.78 is 1.99. The second kappa shape index (κ2) is 5.80. The summed E-state index contributed by atoms with van der Waals surface area (Å²) in [5.74, 6) is 8.26. The van der Waals surface area contributed by atoms with E-state index >= 15 is 0 Å². The Labute approximate surface area is 109 Å². The van der Waals surface area contributed by atoms with E-state index in [1.807, 2.05) is 4.68 Å². The molecule has 0 radical (unpaired) electrons. The molecular formula is C13H25N5. The van der Waals surface area contributed by atoms with Crippen molar-refractivity contribution in [3.8, 4) is 0 Å². The molecule has 1 heterocycles. The van der Waals surface area contributed by atoms with Crippen molar-refractivity contribution in [2.45, 2.75) is 58.5 Å². The number of nitrogens with one attached hydrogen (secondary N) is 1. The van der Waals surface area contributed by atoms with Gasteiger partial charge in [0.05, 0.1) is 0 Å². The number of hydrogen-bond acceptors (Lipinski definition) is 4. The van der Waals surface area contributed by atoms with Gasteiger partial charge in [-0.2, -0.15) is 5.10 Å².